The SMILES string of the molecule is CN(CC(=O)Nc1ccc(Cl)c(Cl)c1)C(=O)C[NH+]1CCOCC1. The number of rotatable bonds is 5. The summed E-state index contributed by atoms with van der Waals surface area (Å²) in [5.74, 6) is -0.345. The van der Waals surface area contributed by atoms with E-state index >= 15 is 0 Å². The molecule has 0 bridgehead atoms. The maximum absolute atomic E-state index is 12.1. The van der Waals surface area contributed by atoms with Crippen LogP contribution in [0.5, 0.6) is 0 Å². The van der Waals surface area contributed by atoms with E-state index in [-0.39, 0.29) is 18.4 Å². The van der Waals surface area contributed by atoms with Crippen molar-refractivity contribution in [3.05, 3.63) is 28.2 Å². The predicted molar refractivity (Wildman–Crippen MR) is 89.1 cm³/mol. The maximum atomic E-state index is 12.1. The number of carbonyl (C=O) groups is 2. The molecular weight excluding hydrogens is 341 g/mol. The average Bonchev–Trinajstić information content (AvgIpc) is 2.51. The highest BCUT2D eigenvalue weighted by molar-refractivity contribution is 6.42. The quantitative estimate of drug-likeness (QED) is 0.794. The van der Waals surface area contributed by atoms with Crippen LogP contribution >= 0.6 is 23.2 Å². The van der Waals surface area contributed by atoms with Crippen molar-refractivity contribution in [2.75, 3.05) is 51.8 Å². The summed E-state index contributed by atoms with van der Waals surface area (Å²) in [5, 5.41) is 3.48. The summed E-state index contributed by atoms with van der Waals surface area (Å²) >= 11 is 11.7. The van der Waals surface area contributed by atoms with E-state index in [9.17, 15) is 9.59 Å². The van der Waals surface area contributed by atoms with E-state index < -0.39 is 0 Å². The molecule has 0 atom stereocenters. The first kappa shape index (κ1) is 18.0. The van der Waals surface area contributed by atoms with Crippen molar-refractivity contribution >= 4 is 40.7 Å². The number of nitrogens with zero attached hydrogens (tertiary/aromatic N) is 1. The molecule has 1 aromatic rings. The molecular formula is C15H20Cl2N3O3+. The summed E-state index contributed by atoms with van der Waals surface area (Å²) in [6, 6.07) is 4.84. The number of anilines is 1. The van der Waals surface area contributed by atoms with Gasteiger partial charge in [-0.1, -0.05) is 23.2 Å². The molecule has 0 aromatic heterocycles. The summed E-state index contributed by atoms with van der Waals surface area (Å²) in [5.41, 5.74) is 0.545. The second-order valence-electron chi connectivity index (χ2n) is 5.47. The predicted octanol–water partition coefficient (Wildman–Crippen LogP) is 0.305. The largest absolute Gasteiger partial charge is 0.370 e. The number of amides is 2. The number of carbonyl (C=O) groups excluding carboxylic acids is 2. The van der Waals surface area contributed by atoms with Crippen LogP contribution < -0.4 is 10.2 Å². The van der Waals surface area contributed by atoms with Crippen molar-refractivity contribution < 1.29 is 19.2 Å². The lowest BCUT2D eigenvalue weighted by atomic mass is 10.3. The molecule has 0 radical (unpaired) electrons. The number of likely N-dealkylation sites (N-methyl/N-ethyl adjacent to an activating group) is 1. The van der Waals surface area contributed by atoms with E-state index in [0.717, 1.165) is 13.1 Å². The van der Waals surface area contributed by atoms with Gasteiger partial charge in [0, 0.05) is 12.7 Å². The van der Waals surface area contributed by atoms with Gasteiger partial charge in [-0.3, -0.25) is 9.59 Å². The third-order valence-corrected chi connectivity index (χ3v) is 4.35. The Morgan fingerprint density at radius 2 is 1.96 bits per heavy atom. The topological polar surface area (TPSA) is 63.1 Å². The van der Waals surface area contributed by atoms with Crippen molar-refractivity contribution in [1.82, 2.24) is 4.90 Å². The van der Waals surface area contributed by atoms with Gasteiger partial charge in [-0.2, -0.15) is 0 Å². The first-order valence-corrected chi connectivity index (χ1v) is 8.11. The van der Waals surface area contributed by atoms with Gasteiger partial charge in [0.15, 0.2) is 6.54 Å². The Hall–Kier alpha value is -1.34. The minimum atomic E-state index is -0.281. The molecule has 126 valence electrons. The molecule has 0 spiro atoms. The van der Waals surface area contributed by atoms with Crippen LogP contribution in [0, 0.1) is 0 Å². The number of ether oxygens (including phenoxy) is 1. The third-order valence-electron chi connectivity index (χ3n) is 3.61. The average molecular weight is 361 g/mol. The molecule has 1 saturated heterocycles. The van der Waals surface area contributed by atoms with Crippen LogP contribution in [0.25, 0.3) is 0 Å². The Kier molecular flexibility index (Phi) is 6.65. The van der Waals surface area contributed by atoms with E-state index in [2.05, 4.69) is 5.32 Å². The second kappa shape index (κ2) is 8.49. The van der Waals surface area contributed by atoms with E-state index in [4.69, 9.17) is 27.9 Å². The maximum Gasteiger partial charge on any atom is 0.277 e. The molecule has 1 fully saturated rings. The highest BCUT2D eigenvalue weighted by atomic mass is 35.5. The smallest absolute Gasteiger partial charge is 0.277 e. The van der Waals surface area contributed by atoms with Gasteiger partial charge in [0.25, 0.3) is 5.91 Å². The fourth-order valence-electron chi connectivity index (χ4n) is 2.26. The van der Waals surface area contributed by atoms with Crippen LogP contribution in [0.3, 0.4) is 0 Å². The van der Waals surface area contributed by atoms with Gasteiger partial charge in [0.05, 0.1) is 29.8 Å². The fraction of sp³-hybridized carbons (Fsp3) is 0.467. The lowest BCUT2D eigenvalue weighted by Gasteiger charge is -2.25. The van der Waals surface area contributed by atoms with Gasteiger partial charge in [0.2, 0.25) is 5.91 Å². The van der Waals surface area contributed by atoms with Crippen LogP contribution in [0.15, 0.2) is 18.2 Å². The zero-order valence-electron chi connectivity index (χ0n) is 12.9. The van der Waals surface area contributed by atoms with Crippen molar-refractivity contribution in [3.8, 4) is 0 Å². The summed E-state index contributed by atoms with van der Waals surface area (Å²) in [6.07, 6.45) is 0. The first-order chi connectivity index (χ1) is 11.0. The summed E-state index contributed by atoms with van der Waals surface area (Å²) in [7, 11) is 1.62. The highest BCUT2D eigenvalue weighted by Crippen LogP contribution is 2.24. The van der Waals surface area contributed by atoms with Gasteiger partial charge >= 0.3 is 0 Å². The zero-order valence-corrected chi connectivity index (χ0v) is 14.4. The van der Waals surface area contributed by atoms with Gasteiger partial charge in [-0.05, 0) is 18.2 Å². The third kappa shape index (κ3) is 5.66. The zero-order chi connectivity index (χ0) is 16.8. The summed E-state index contributed by atoms with van der Waals surface area (Å²) in [4.78, 5) is 26.8. The second-order valence-corrected chi connectivity index (χ2v) is 6.28. The van der Waals surface area contributed by atoms with Crippen molar-refractivity contribution in [2.24, 2.45) is 0 Å². The number of benzene rings is 1. The fourth-order valence-corrected chi connectivity index (χ4v) is 2.56. The lowest BCUT2D eigenvalue weighted by Crippen LogP contribution is -3.15. The highest BCUT2D eigenvalue weighted by Gasteiger charge is 2.21. The molecule has 0 saturated carbocycles. The van der Waals surface area contributed by atoms with Gasteiger partial charge < -0.3 is 19.9 Å². The molecule has 2 N–H and O–H groups in total. The van der Waals surface area contributed by atoms with Gasteiger partial charge in [-0.15, -0.1) is 0 Å². The molecule has 2 amide bonds. The summed E-state index contributed by atoms with van der Waals surface area (Å²) in [6.45, 7) is 3.33. The molecule has 0 unspecified atom stereocenters. The molecule has 1 aromatic carbocycles. The molecule has 1 aliphatic heterocycles. The molecule has 8 heteroatoms. The Bertz CT molecular complexity index is 577. The minimum absolute atomic E-state index is 0.0111. The van der Waals surface area contributed by atoms with Gasteiger partial charge in [-0.25, -0.2) is 0 Å². The van der Waals surface area contributed by atoms with Crippen LogP contribution in [0.4, 0.5) is 5.69 Å². The van der Waals surface area contributed by atoms with Crippen molar-refractivity contribution in [2.45, 2.75) is 0 Å². The normalized spacial score (nSPS) is 15.3. The first-order valence-electron chi connectivity index (χ1n) is 7.36. The summed E-state index contributed by atoms with van der Waals surface area (Å²) < 4.78 is 5.26. The van der Waals surface area contributed by atoms with Crippen molar-refractivity contribution in [3.63, 3.8) is 0 Å². The number of hydrogen-bond donors (Lipinski definition) is 2. The minimum Gasteiger partial charge on any atom is -0.370 e. The van der Waals surface area contributed by atoms with E-state index in [1.165, 1.54) is 9.80 Å². The number of hydrogen-bond acceptors (Lipinski definition) is 3. The van der Waals surface area contributed by atoms with E-state index in [1.54, 1.807) is 25.2 Å². The monoisotopic (exact) mass is 360 g/mol. The van der Waals surface area contributed by atoms with Crippen molar-refractivity contribution in [1.29, 1.82) is 0 Å². The van der Waals surface area contributed by atoms with E-state index in [0.29, 0.717) is 35.5 Å². The molecule has 23 heavy (non-hydrogen) atoms. The standard InChI is InChI=1S/C15H19Cl2N3O3/c1-19(15(22)10-20-4-6-23-7-5-20)9-14(21)18-11-2-3-12(16)13(17)8-11/h2-3,8H,4-7,9-10H2,1H3,(H,18,21)/p+1. The van der Waals surface area contributed by atoms with Crippen LogP contribution in [-0.4, -0.2) is 63.2 Å². The van der Waals surface area contributed by atoms with Crippen LogP contribution in [-0.2, 0) is 14.3 Å². The molecule has 0 aliphatic carbocycles. The Morgan fingerprint density at radius 1 is 1.26 bits per heavy atom. The van der Waals surface area contributed by atoms with Crippen LogP contribution in [0.1, 0.15) is 0 Å². The number of nitrogens with one attached hydrogen (secondary N) is 2. The van der Waals surface area contributed by atoms with E-state index in [1.807, 2.05) is 0 Å². The number of quaternary nitrogens is 1. The number of morpholine rings is 1. The van der Waals surface area contributed by atoms with Crippen LogP contribution in [0.2, 0.25) is 10.0 Å². The Labute approximate surface area is 145 Å². The Morgan fingerprint density at radius 3 is 2.61 bits per heavy atom. The Balaban J connectivity index is 1.81. The lowest BCUT2D eigenvalue weighted by molar-refractivity contribution is -0.900. The molecule has 1 heterocycles. The molecule has 6 nitrogen and oxygen atoms in total. The molecule has 1 aliphatic rings. The number of halogens is 2. The molecule has 2 rings (SSSR count). The van der Waals surface area contributed by atoms with Gasteiger partial charge in [0.1, 0.15) is 13.1 Å².